The van der Waals surface area contributed by atoms with E-state index in [0.29, 0.717) is 5.95 Å². The zero-order valence-corrected chi connectivity index (χ0v) is 19.7. The number of rotatable bonds is 5. The highest BCUT2D eigenvalue weighted by molar-refractivity contribution is 5.73. The minimum atomic E-state index is -0.412. The van der Waals surface area contributed by atoms with E-state index < -0.39 is 5.91 Å². The average molecular weight is 462 g/mol. The maximum atomic E-state index is 11.2. The molecule has 2 aromatic heterocycles. The van der Waals surface area contributed by atoms with Crippen molar-refractivity contribution in [1.29, 1.82) is 0 Å². The second kappa shape index (κ2) is 8.94. The summed E-state index contributed by atoms with van der Waals surface area (Å²) in [5.74, 6) is 1.65. The van der Waals surface area contributed by atoms with Gasteiger partial charge >= 0.3 is 0 Å². The first-order chi connectivity index (χ1) is 16.4. The van der Waals surface area contributed by atoms with E-state index in [-0.39, 0.29) is 12.6 Å². The molecule has 1 unspecified atom stereocenters. The summed E-state index contributed by atoms with van der Waals surface area (Å²) < 4.78 is 1.56. The summed E-state index contributed by atoms with van der Waals surface area (Å²) >= 11 is 0. The van der Waals surface area contributed by atoms with E-state index in [2.05, 4.69) is 68.0 Å². The maximum absolute atomic E-state index is 11.2. The number of hydrogen-bond donors (Lipinski definition) is 2. The molecule has 1 amide bonds. The van der Waals surface area contributed by atoms with Crippen LogP contribution in [0.25, 0.3) is 11.1 Å². The van der Waals surface area contributed by atoms with Crippen LogP contribution in [-0.4, -0.2) is 69.8 Å². The summed E-state index contributed by atoms with van der Waals surface area (Å²) in [7, 11) is 2.14. The van der Waals surface area contributed by atoms with Crippen molar-refractivity contribution in [2.75, 3.05) is 48.8 Å². The number of amides is 1. The lowest BCUT2D eigenvalue weighted by molar-refractivity contribution is -0.118. The molecule has 178 valence electrons. The van der Waals surface area contributed by atoms with Gasteiger partial charge in [0.25, 0.3) is 0 Å². The zero-order valence-electron chi connectivity index (χ0n) is 19.7. The molecule has 3 aromatic rings. The van der Waals surface area contributed by atoms with Gasteiger partial charge in [0.05, 0.1) is 6.20 Å². The van der Waals surface area contributed by atoms with E-state index in [9.17, 15) is 4.79 Å². The number of primary amides is 1. The normalized spacial score (nSPS) is 18.7. The van der Waals surface area contributed by atoms with Crippen LogP contribution in [0.15, 0.2) is 36.7 Å². The molecule has 1 atom stereocenters. The van der Waals surface area contributed by atoms with Gasteiger partial charge in [0.1, 0.15) is 18.2 Å². The number of carbonyl (C=O) groups excluding carboxylic acids is 1. The monoisotopic (exact) mass is 461 g/mol. The Kier molecular flexibility index (Phi) is 5.82. The Morgan fingerprint density at radius 2 is 1.82 bits per heavy atom. The second-order valence-corrected chi connectivity index (χ2v) is 9.29. The van der Waals surface area contributed by atoms with Crippen LogP contribution < -0.4 is 21.3 Å². The molecular weight excluding hydrogens is 430 g/mol. The second-order valence-electron chi connectivity index (χ2n) is 9.29. The first-order valence-corrected chi connectivity index (χ1v) is 11.6. The van der Waals surface area contributed by atoms with Crippen LogP contribution in [0.4, 0.5) is 17.6 Å². The van der Waals surface area contributed by atoms with Gasteiger partial charge in [-0.2, -0.15) is 15.1 Å². The van der Waals surface area contributed by atoms with Crippen molar-refractivity contribution in [3.63, 3.8) is 0 Å². The Labute approximate surface area is 199 Å². The van der Waals surface area contributed by atoms with Crippen molar-refractivity contribution >= 4 is 23.5 Å². The molecule has 1 aromatic carbocycles. The molecule has 2 aliphatic heterocycles. The first kappa shape index (κ1) is 22.1. The van der Waals surface area contributed by atoms with Gasteiger partial charge in [-0.3, -0.25) is 9.48 Å². The third-order valence-electron chi connectivity index (χ3n) is 6.72. The van der Waals surface area contributed by atoms with Gasteiger partial charge in [-0.15, -0.1) is 0 Å². The van der Waals surface area contributed by atoms with Crippen molar-refractivity contribution in [3.8, 4) is 11.1 Å². The molecule has 0 bridgehead atoms. The quantitative estimate of drug-likeness (QED) is 0.579. The summed E-state index contributed by atoms with van der Waals surface area (Å²) in [6.45, 7) is 6.89. The van der Waals surface area contributed by atoms with Crippen LogP contribution in [0.5, 0.6) is 0 Å². The van der Waals surface area contributed by atoms with Crippen LogP contribution in [0.3, 0.4) is 0 Å². The number of likely N-dealkylation sites (N-methyl/N-ethyl adjacent to an activating group) is 1. The number of fused-ring (bicyclic) bond motifs is 1. The SMILES string of the molecule is CC1Cc2ccc(-c3cnn(CC(N)=O)c3)cc2CN1c1cc(N2CCN(C)CC2)nc(N)n1. The summed E-state index contributed by atoms with van der Waals surface area (Å²) in [6.07, 6.45) is 4.54. The average Bonchev–Trinajstić information content (AvgIpc) is 3.26. The Balaban J connectivity index is 1.40. The van der Waals surface area contributed by atoms with Gasteiger partial charge in [0, 0.05) is 56.6 Å². The number of hydrogen-bond acceptors (Lipinski definition) is 8. The Hall–Kier alpha value is -3.66. The molecule has 0 spiro atoms. The number of carbonyl (C=O) groups is 1. The van der Waals surface area contributed by atoms with Crippen molar-refractivity contribution in [3.05, 3.63) is 47.8 Å². The van der Waals surface area contributed by atoms with Crippen LogP contribution in [0.1, 0.15) is 18.1 Å². The van der Waals surface area contributed by atoms with Crippen LogP contribution in [0, 0.1) is 0 Å². The number of benzene rings is 1. The molecule has 0 aliphatic carbocycles. The topological polar surface area (TPSA) is 122 Å². The highest BCUT2D eigenvalue weighted by atomic mass is 16.1. The lowest BCUT2D eigenvalue weighted by atomic mass is 9.92. The van der Waals surface area contributed by atoms with E-state index >= 15 is 0 Å². The number of nitrogen functional groups attached to an aromatic ring is 1. The molecule has 4 N–H and O–H groups in total. The number of anilines is 3. The minimum Gasteiger partial charge on any atom is -0.368 e. The predicted molar refractivity (Wildman–Crippen MR) is 132 cm³/mol. The smallest absolute Gasteiger partial charge is 0.239 e. The third-order valence-corrected chi connectivity index (χ3v) is 6.72. The Morgan fingerprint density at radius 3 is 2.59 bits per heavy atom. The molecule has 0 radical (unpaired) electrons. The first-order valence-electron chi connectivity index (χ1n) is 11.6. The van der Waals surface area contributed by atoms with E-state index in [1.165, 1.54) is 11.1 Å². The molecular formula is C24H31N9O. The summed E-state index contributed by atoms with van der Waals surface area (Å²) in [6, 6.07) is 8.85. The number of nitrogens with two attached hydrogens (primary N) is 2. The van der Waals surface area contributed by atoms with Crippen molar-refractivity contribution < 1.29 is 4.79 Å². The van der Waals surface area contributed by atoms with Gasteiger partial charge in [-0.1, -0.05) is 12.1 Å². The number of nitrogens with zero attached hydrogens (tertiary/aromatic N) is 7. The Bertz CT molecular complexity index is 1200. The lowest BCUT2D eigenvalue weighted by Crippen LogP contribution is -2.45. The van der Waals surface area contributed by atoms with E-state index in [1.54, 1.807) is 10.9 Å². The highest BCUT2D eigenvalue weighted by Crippen LogP contribution is 2.32. The molecule has 10 nitrogen and oxygen atoms in total. The van der Waals surface area contributed by atoms with Gasteiger partial charge in [-0.05, 0) is 43.1 Å². The van der Waals surface area contributed by atoms with Crippen LogP contribution >= 0.6 is 0 Å². The molecule has 5 rings (SSSR count). The number of aromatic nitrogens is 4. The fourth-order valence-corrected chi connectivity index (χ4v) is 4.77. The fourth-order valence-electron chi connectivity index (χ4n) is 4.77. The van der Waals surface area contributed by atoms with Gasteiger partial charge in [-0.25, -0.2) is 0 Å². The van der Waals surface area contributed by atoms with Crippen LogP contribution in [-0.2, 0) is 24.3 Å². The van der Waals surface area contributed by atoms with Crippen LogP contribution in [0.2, 0.25) is 0 Å². The minimum absolute atomic E-state index is 0.0704. The molecule has 2 aliphatic rings. The molecule has 10 heteroatoms. The third kappa shape index (κ3) is 4.54. The largest absolute Gasteiger partial charge is 0.368 e. The lowest BCUT2D eigenvalue weighted by Gasteiger charge is -2.37. The van der Waals surface area contributed by atoms with Crippen molar-refractivity contribution in [1.82, 2.24) is 24.6 Å². The Morgan fingerprint density at radius 1 is 1.06 bits per heavy atom. The summed E-state index contributed by atoms with van der Waals surface area (Å²) in [4.78, 5) is 27.2. The van der Waals surface area contributed by atoms with Crippen molar-refractivity contribution in [2.24, 2.45) is 5.73 Å². The predicted octanol–water partition coefficient (Wildman–Crippen LogP) is 1.11. The fraction of sp³-hybridized carbons (Fsp3) is 0.417. The highest BCUT2D eigenvalue weighted by Gasteiger charge is 2.26. The van der Waals surface area contributed by atoms with Gasteiger partial charge in [0.2, 0.25) is 11.9 Å². The van der Waals surface area contributed by atoms with Crippen molar-refractivity contribution in [2.45, 2.75) is 32.5 Å². The summed E-state index contributed by atoms with van der Waals surface area (Å²) in [5.41, 5.74) is 16.0. The number of piperazine rings is 1. The standard InChI is InChI=1S/C24H31N9O/c1-16-9-17-3-4-18(20-12-27-32(13-20)15-21(25)34)10-19(17)14-33(16)23-11-22(28-24(26)29-23)31-7-5-30(2)6-8-31/h3-4,10-13,16H,5-9,14-15H2,1-2H3,(H2,25,34)(H2,26,28,29). The van der Waals surface area contributed by atoms with Gasteiger partial charge < -0.3 is 26.2 Å². The van der Waals surface area contributed by atoms with E-state index in [4.69, 9.17) is 11.5 Å². The summed E-state index contributed by atoms with van der Waals surface area (Å²) in [5, 5.41) is 4.25. The van der Waals surface area contributed by atoms with E-state index in [1.807, 2.05) is 6.20 Å². The molecule has 34 heavy (non-hydrogen) atoms. The van der Waals surface area contributed by atoms with E-state index in [0.717, 1.165) is 61.9 Å². The maximum Gasteiger partial charge on any atom is 0.239 e. The zero-order chi connectivity index (χ0) is 23.8. The molecule has 1 fully saturated rings. The molecule has 0 saturated carbocycles. The molecule has 1 saturated heterocycles. The molecule has 4 heterocycles. The van der Waals surface area contributed by atoms with Gasteiger partial charge in [0.15, 0.2) is 0 Å².